The van der Waals surface area contributed by atoms with Crippen LogP contribution in [0.5, 0.6) is 0 Å². The predicted molar refractivity (Wildman–Crippen MR) is 140 cm³/mol. The second-order valence-corrected chi connectivity index (χ2v) is 8.37. The highest BCUT2D eigenvalue weighted by molar-refractivity contribution is 14.0. The molecule has 0 radical (unpaired) electrons. The lowest BCUT2D eigenvalue weighted by Crippen LogP contribution is -2.46. The minimum atomic E-state index is 0. The molecule has 0 spiro atoms. The Hall–Kier alpha value is -1.87. The number of guanidine groups is 1. The molecule has 168 valence electrons. The van der Waals surface area contributed by atoms with Gasteiger partial charge in [-0.25, -0.2) is 4.98 Å². The second-order valence-electron chi connectivity index (χ2n) is 8.37. The van der Waals surface area contributed by atoms with Crippen LogP contribution in [0, 0.1) is 0 Å². The summed E-state index contributed by atoms with van der Waals surface area (Å²) in [5.41, 5.74) is 2.92. The summed E-state index contributed by atoms with van der Waals surface area (Å²) in [4.78, 5) is 13.9. The first-order valence-electron chi connectivity index (χ1n) is 11.1. The van der Waals surface area contributed by atoms with Crippen molar-refractivity contribution < 1.29 is 0 Å². The Kier molecular flexibility index (Phi) is 8.54. The van der Waals surface area contributed by atoms with Crippen LogP contribution in [-0.2, 0) is 12.0 Å². The lowest BCUT2D eigenvalue weighted by Gasteiger charge is -2.34. The van der Waals surface area contributed by atoms with Gasteiger partial charge >= 0.3 is 0 Å². The molecule has 31 heavy (non-hydrogen) atoms. The largest absolute Gasteiger partial charge is 0.356 e. The van der Waals surface area contributed by atoms with Crippen LogP contribution in [0.1, 0.15) is 30.9 Å². The fourth-order valence-corrected chi connectivity index (χ4v) is 4.21. The van der Waals surface area contributed by atoms with E-state index in [1.54, 1.807) is 0 Å². The molecule has 1 aromatic heterocycles. The van der Waals surface area contributed by atoms with E-state index in [2.05, 4.69) is 79.8 Å². The van der Waals surface area contributed by atoms with Crippen molar-refractivity contribution >= 4 is 35.8 Å². The van der Waals surface area contributed by atoms with Gasteiger partial charge in [-0.15, -0.1) is 24.0 Å². The summed E-state index contributed by atoms with van der Waals surface area (Å²) < 4.78 is 0. The van der Waals surface area contributed by atoms with Gasteiger partial charge in [0.15, 0.2) is 5.96 Å². The number of hydrogen-bond acceptors (Lipinski definition) is 4. The molecule has 4 rings (SSSR count). The molecule has 2 aromatic rings. The van der Waals surface area contributed by atoms with Gasteiger partial charge in [-0.05, 0) is 42.6 Å². The molecule has 0 unspecified atom stereocenters. The minimum Gasteiger partial charge on any atom is -0.356 e. The van der Waals surface area contributed by atoms with E-state index in [-0.39, 0.29) is 29.4 Å². The number of aromatic nitrogens is 1. The van der Waals surface area contributed by atoms with Crippen molar-refractivity contribution in [2.24, 2.45) is 4.99 Å². The predicted octanol–water partition coefficient (Wildman–Crippen LogP) is 3.24. The van der Waals surface area contributed by atoms with E-state index >= 15 is 0 Å². The third kappa shape index (κ3) is 6.10. The van der Waals surface area contributed by atoms with Crippen LogP contribution >= 0.6 is 24.0 Å². The zero-order valence-corrected chi connectivity index (χ0v) is 21.0. The number of hydrogen-bond donors (Lipinski definition) is 2. The molecule has 1 saturated heterocycles. The highest BCUT2D eigenvalue weighted by Crippen LogP contribution is 2.47. The minimum absolute atomic E-state index is 0. The number of halogens is 1. The van der Waals surface area contributed by atoms with Crippen molar-refractivity contribution in [3.05, 3.63) is 59.8 Å². The van der Waals surface area contributed by atoms with E-state index in [1.165, 1.54) is 24.0 Å². The Balaban J connectivity index is 0.00000272. The summed E-state index contributed by atoms with van der Waals surface area (Å²) in [5.74, 6) is 1.93. The van der Waals surface area contributed by atoms with Gasteiger partial charge in [-0.2, -0.15) is 0 Å². The molecule has 2 aliphatic rings. The third-order valence-corrected chi connectivity index (χ3v) is 6.47. The second kappa shape index (κ2) is 11.1. The number of piperazine rings is 1. The van der Waals surface area contributed by atoms with Gasteiger partial charge in [0, 0.05) is 57.9 Å². The smallest absolute Gasteiger partial charge is 0.191 e. The van der Waals surface area contributed by atoms with Gasteiger partial charge in [0.25, 0.3) is 0 Å². The normalized spacial score (nSPS) is 18.3. The van der Waals surface area contributed by atoms with Crippen molar-refractivity contribution in [3.8, 4) is 0 Å². The molecule has 0 amide bonds. The summed E-state index contributed by atoms with van der Waals surface area (Å²) in [7, 11) is 1.84. The molecule has 1 saturated carbocycles. The van der Waals surface area contributed by atoms with E-state index in [1.807, 2.05) is 13.2 Å². The van der Waals surface area contributed by atoms with Crippen molar-refractivity contribution in [2.45, 2.75) is 31.7 Å². The molecular formula is C24H35IN6. The van der Waals surface area contributed by atoms with Crippen molar-refractivity contribution in [2.75, 3.05) is 51.2 Å². The van der Waals surface area contributed by atoms with Gasteiger partial charge in [0.1, 0.15) is 5.82 Å². The van der Waals surface area contributed by atoms with Crippen LogP contribution in [0.15, 0.2) is 53.7 Å². The lowest BCUT2D eigenvalue weighted by atomic mass is 9.96. The lowest BCUT2D eigenvalue weighted by molar-refractivity contribution is 0.270. The number of aliphatic imine (C=N–C) groups is 1. The average molecular weight is 534 g/mol. The number of nitrogens with zero attached hydrogens (tertiary/aromatic N) is 4. The Morgan fingerprint density at radius 3 is 2.45 bits per heavy atom. The Morgan fingerprint density at radius 1 is 1.06 bits per heavy atom. The van der Waals surface area contributed by atoms with E-state index in [9.17, 15) is 0 Å². The van der Waals surface area contributed by atoms with Crippen LogP contribution in [0.3, 0.4) is 0 Å². The van der Waals surface area contributed by atoms with Crippen LogP contribution < -0.4 is 15.5 Å². The van der Waals surface area contributed by atoms with Gasteiger partial charge in [0.2, 0.25) is 0 Å². The molecular weight excluding hydrogens is 499 g/mol. The zero-order valence-electron chi connectivity index (χ0n) is 18.7. The molecule has 2 N–H and O–H groups in total. The monoisotopic (exact) mass is 534 g/mol. The molecule has 1 aliphatic heterocycles. The number of nitrogens with one attached hydrogen (secondary N) is 2. The number of rotatable bonds is 7. The van der Waals surface area contributed by atoms with Crippen molar-refractivity contribution in [3.63, 3.8) is 0 Å². The molecule has 0 bridgehead atoms. The van der Waals surface area contributed by atoms with E-state index in [4.69, 9.17) is 0 Å². The molecule has 1 aromatic carbocycles. The number of pyridine rings is 1. The first kappa shape index (κ1) is 23.8. The van der Waals surface area contributed by atoms with E-state index in [0.717, 1.165) is 57.6 Å². The molecule has 0 atom stereocenters. The van der Waals surface area contributed by atoms with Crippen molar-refractivity contribution in [1.82, 2.24) is 20.5 Å². The maximum atomic E-state index is 4.61. The van der Waals surface area contributed by atoms with Gasteiger partial charge in [-0.3, -0.25) is 4.99 Å². The number of benzene rings is 1. The fourth-order valence-electron chi connectivity index (χ4n) is 4.21. The zero-order chi connectivity index (χ0) is 20.8. The summed E-state index contributed by atoms with van der Waals surface area (Å²) in [6.07, 6.45) is 4.39. The van der Waals surface area contributed by atoms with E-state index < -0.39 is 0 Å². The quantitative estimate of drug-likeness (QED) is 0.325. The molecule has 1 aliphatic carbocycles. The molecule has 7 heteroatoms. The van der Waals surface area contributed by atoms with Gasteiger partial charge in [0.05, 0.1) is 0 Å². The maximum Gasteiger partial charge on any atom is 0.191 e. The topological polar surface area (TPSA) is 55.8 Å². The first-order valence-corrected chi connectivity index (χ1v) is 11.1. The molecule has 2 fully saturated rings. The first-order chi connectivity index (χ1) is 14.7. The Morgan fingerprint density at radius 2 is 1.81 bits per heavy atom. The Bertz CT molecular complexity index is 844. The SMILES string of the molecule is CCN1CCN(c2cc(CNC(=NC)NCC3(c4ccccc4)CC3)ccn2)CC1.I. The highest BCUT2D eigenvalue weighted by atomic mass is 127. The average Bonchev–Trinajstić information content (AvgIpc) is 3.61. The summed E-state index contributed by atoms with van der Waals surface area (Å²) >= 11 is 0. The number of anilines is 1. The van der Waals surface area contributed by atoms with E-state index in [0.29, 0.717) is 0 Å². The molecule has 2 heterocycles. The van der Waals surface area contributed by atoms with Gasteiger partial charge in [-0.1, -0.05) is 37.3 Å². The fraction of sp³-hybridized carbons (Fsp3) is 0.500. The van der Waals surface area contributed by atoms with Gasteiger partial charge < -0.3 is 20.4 Å². The summed E-state index contributed by atoms with van der Waals surface area (Å²) in [6.45, 7) is 9.32. The third-order valence-electron chi connectivity index (χ3n) is 6.47. The maximum absolute atomic E-state index is 4.61. The number of likely N-dealkylation sites (N-methyl/N-ethyl adjacent to an activating group) is 1. The van der Waals surface area contributed by atoms with Crippen LogP contribution in [0.4, 0.5) is 5.82 Å². The van der Waals surface area contributed by atoms with Crippen molar-refractivity contribution in [1.29, 1.82) is 0 Å². The Labute approximate surface area is 203 Å². The summed E-state index contributed by atoms with van der Waals surface area (Å²) in [6, 6.07) is 15.1. The van der Waals surface area contributed by atoms with Crippen LogP contribution in [-0.4, -0.2) is 62.2 Å². The standard InChI is InChI=1S/C24H34N6.HI/c1-3-29-13-15-30(16-14-29)22-17-20(9-12-26-22)18-27-23(25-2)28-19-24(10-11-24)21-7-5-4-6-8-21;/h4-9,12,17H,3,10-11,13-16,18-19H2,1-2H3,(H2,25,27,28);1H. The highest BCUT2D eigenvalue weighted by Gasteiger charge is 2.43. The molecule has 6 nitrogen and oxygen atoms in total. The van der Waals surface area contributed by atoms with Crippen LogP contribution in [0.2, 0.25) is 0 Å². The summed E-state index contributed by atoms with van der Waals surface area (Å²) in [5, 5.41) is 7.01. The van der Waals surface area contributed by atoms with Crippen LogP contribution in [0.25, 0.3) is 0 Å².